The van der Waals surface area contributed by atoms with Gasteiger partial charge in [-0.25, -0.2) is 9.59 Å². The minimum Gasteiger partial charge on any atom is -0.494 e. The fourth-order valence-corrected chi connectivity index (χ4v) is 2.81. The predicted molar refractivity (Wildman–Crippen MR) is 91.8 cm³/mol. The third-order valence-electron chi connectivity index (χ3n) is 4.05. The number of amides is 1. The molecule has 1 aliphatic heterocycles. The highest BCUT2D eigenvalue weighted by Crippen LogP contribution is 2.31. The number of fused-ring (bicyclic) bond motifs is 1. The molecule has 3 rings (SSSR count). The average molecular weight is 362 g/mol. The van der Waals surface area contributed by atoms with E-state index in [2.05, 4.69) is 15.3 Å². The fraction of sp³-hybridized carbons (Fsp3) is 0.312. The van der Waals surface area contributed by atoms with E-state index in [4.69, 9.17) is 14.6 Å². The van der Waals surface area contributed by atoms with Crippen LogP contribution in [0.1, 0.15) is 0 Å². The minimum atomic E-state index is -0.642. The van der Waals surface area contributed by atoms with Crippen LogP contribution in [0.25, 0.3) is 11.0 Å². The van der Waals surface area contributed by atoms with Crippen LogP contribution in [-0.4, -0.2) is 65.8 Å². The fourth-order valence-electron chi connectivity index (χ4n) is 2.81. The third-order valence-corrected chi connectivity index (χ3v) is 4.05. The third kappa shape index (κ3) is 3.02. The zero-order valence-corrected chi connectivity index (χ0v) is 14.2. The van der Waals surface area contributed by atoms with Gasteiger partial charge in [-0.05, 0) is 6.07 Å². The number of hydrogen-bond acceptors (Lipinski definition) is 7. The quantitative estimate of drug-likeness (QED) is 0.510. The van der Waals surface area contributed by atoms with Crippen LogP contribution in [0.2, 0.25) is 0 Å². The first-order chi connectivity index (χ1) is 12.5. The molecule has 0 fully saturated rings. The van der Waals surface area contributed by atoms with Gasteiger partial charge < -0.3 is 34.8 Å². The number of carbonyl (C=O) groups is 2. The van der Waals surface area contributed by atoms with Gasteiger partial charge >= 0.3 is 11.7 Å². The number of aromatic nitrogens is 2. The molecule has 1 amide bonds. The summed E-state index contributed by atoms with van der Waals surface area (Å²) in [6.07, 6.45) is 0. The number of imidazole rings is 1. The van der Waals surface area contributed by atoms with Crippen molar-refractivity contribution in [3.05, 3.63) is 33.9 Å². The van der Waals surface area contributed by atoms with Crippen molar-refractivity contribution < 1.29 is 24.2 Å². The highest BCUT2D eigenvalue weighted by Gasteiger charge is 2.34. The molecule has 0 unspecified atom stereocenters. The molecule has 0 spiro atoms. The van der Waals surface area contributed by atoms with Crippen molar-refractivity contribution in [3.8, 4) is 5.75 Å². The van der Waals surface area contributed by atoms with E-state index in [0.717, 1.165) is 0 Å². The molecule has 26 heavy (non-hydrogen) atoms. The molecule has 1 aromatic carbocycles. The minimum absolute atomic E-state index is 0.0277. The molecule has 138 valence electrons. The first-order valence-electron chi connectivity index (χ1n) is 7.77. The Morgan fingerprint density at radius 1 is 1.27 bits per heavy atom. The topological polar surface area (TPSA) is 137 Å². The summed E-state index contributed by atoms with van der Waals surface area (Å²) in [5.41, 5.74) is 1.26. The van der Waals surface area contributed by atoms with Gasteiger partial charge in [0.1, 0.15) is 11.4 Å². The molecule has 0 aliphatic carbocycles. The number of nitrogens with one attached hydrogen (secondary N) is 3. The molecule has 10 nitrogen and oxygen atoms in total. The van der Waals surface area contributed by atoms with Gasteiger partial charge in [-0.15, -0.1) is 0 Å². The molecule has 1 aliphatic rings. The Hall–Kier alpha value is -3.27. The van der Waals surface area contributed by atoms with Crippen LogP contribution in [0.4, 0.5) is 5.69 Å². The first-order valence-corrected chi connectivity index (χ1v) is 7.77. The maximum Gasteiger partial charge on any atom is 0.337 e. The van der Waals surface area contributed by atoms with Crippen molar-refractivity contribution in [3.63, 3.8) is 0 Å². The molecule has 4 N–H and O–H groups in total. The number of aliphatic hydroxyl groups excluding tert-OH is 1. The Morgan fingerprint density at radius 2 is 1.96 bits per heavy atom. The maximum atomic E-state index is 12.6. The lowest BCUT2D eigenvalue weighted by Crippen LogP contribution is -2.31. The number of esters is 1. The molecule has 0 saturated heterocycles. The van der Waals surface area contributed by atoms with Crippen molar-refractivity contribution in [1.82, 2.24) is 14.9 Å². The summed E-state index contributed by atoms with van der Waals surface area (Å²) < 4.78 is 10.0. The van der Waals surface area contributed by atoms with Crippen LogP contribution in [0.3, 0.4) is 0 Å². The van der Waals surface area contributed by atoms with Crippen molar-refractivity contribution in [1.29, 1.82) is 0 Å². The predicted octanol–water partition coefficient (Wildman–Crippen LogP) is -0.462. The van der Waals surface area contributed by atoms with E-state index in [9.17, 15) is 14.4 Å². The number of nitrogens with zero attached hydrogens (tertiary/aromatic N) is 1. The molecule has 0 saturated carbocycles. The Kier molecular flexibility index (Phi) is 4.67. The number of H-pyrrole nitrogens is 2. The van der Waals surface area contributed by atoms with Gasteiger partial charge in [-0.1, -0.05) is 0 Å². The zero-order chi connectivity index (χ0) is 18.8. The van der Waals surface area contributed by atoms with E-state index in [1.807, 2.05) is 0 Å². The smallest absolute Gasteiger partial charge is 0.337 e. The molecule has 10 heteroatoms. The summed E-state index contributed by atoms with van der Waals surface area (Å²) in [5, 5.41) is 12.0. The van der Waals surface area contributed by atoms with Gasteiger partial charge in [0.15, 0.2) is 0 Å². The van der Waals surface area contributed by atoms with Crippen LogP contribution < -0.4 is 15.7 Å². The van der Waals surface area contributed by atoms with E-state index in [-0.39, 0.29) is 36.7 Å². The van der Waals surface area contributed by atoms with Gasteiger partial charge in [0.25, 0.3) is 5.91 Å². The van der Waals surface area contributed by atoms with Crippen molar-refractivity contribution in [2.75, 3.05) is 39.2 Å². The first kappa shape index (κ1) is 17.5. The summed E-state index contributed by atoms with van der Waals surface area (Å²) in [5.74, 6) is -0.710. The molecule has 0 atom stereocenters. The van der Waals surface area contributed by atoms with E-state index in [0.29, 0.717) is 22.5 Å². The maximum absolute atomic E-state index is 12.6. The number of hydrogen-bond donors (Lipinski definition) is 4. The molecule has 2 aromatic rings. The van der Waals surface area contributed by atoms with Crippen LogP contribution in [0, 0.1) is 0 Å². The second kappa shape index (κ2) is 6.92. The Balaban J connectivity index is 2.04. The van der Waals surface area contributed by atoms with Crippen molar-refractivity contribution in [2.24, 2.45) is 0 Å². The number of benzene rings is 1. The summed E-state index contributed by atoms with van der Waals surface area (Å²) in [4.78, 5) is 42.6. The van der Waals surface area contributed by atoms with Crippen LogP contribution in [0.15, 0.2) is 28.2 Å². The number of aromatic amines is 2. The number of methoxy groups -OCH3 is 2. The molecular formula is C16H18N4O6. The largest absolute Gasteiger partial charge is 0.494 e. The van der Waals surface area contributed by atoms with Crippen molar-refractivity contribution >= 4 is 28.6 Å². The number of anilines is 1. The van der Waals surface area contributed by atoms with E-state index < -0.39 is 11.9 Å². The summed E-state index contributed by atoms with van der Waals surface area (Å²) >= 11 is 0. The van der Waals surface area contributed by atoms with Gasteiger partial charge in [-0.3, -0.25) is 4.79 Å². The zero-order valence-electron chi connectivity index (χ0n) is 14.2. The lowest BCUT2D eigenvalue weighted by atomic mass is 10.2. The second-order valence-corrected chi connectivity index (χ2v) is 5.60. The average Bonchev–Trinajstić information content (AvgIpc) is 3.14. The summed E-state index contributed by atoms with van der Waals surface area (Å²) in [6, 6.07) is 3.19. The Labute approximate surface area is 147 Å². The van der Waals surface area contributed by atoms with Crippen LogP contribution in [-0.2, 0) is 14.3 Å². The molecule has 0 bridgehead atoms. The SMILES string of the molecule is COC(=O)C1=C(Nc2cc3[nH]c(=O)[nH]c3cc2OC)C(=O)N(CCO)C1. The number of β-amino-alcohol motifs (C(OH)–C–C–N with tert-alkyl or cyclic N) is 1. The van der Waals surface area contributed by atoms with Gasteiger partial charge in [-0.2, -0.15) is 0 Å². The molecule has 0 radical (unpaired) electrons. The number of ether oxygens (including phenoxy) is 2. The highest BCUT2D eigenvalue weighted by atomic mass is 16.5. The van der Waals surface area contributed by atoms with Gasteiger partial charge in [0, 0.05) is 12.6 Å². The van der Waals surface area contributed by atoms with E-state index >= 15 is 0 Å². The van der Waals surface area contributed by atoms with E-state index in [1.54, 1.807) is 12.1 Å². The van der Waals surface area contributed by atoms with Gasteiger partial charge in [0.05, 0.1) is 49.7 Å². The summed E-state index contributed by atoms with van der Waals surface area (Å²) in [7, 11) is 2.67. The second-order valence-electron chi connectivity index (χ2n) is 5.60. The highest BCUT2D eigenvalue weighted by molar-refractivity contribution is 6.09. The Morgan fingerprint density at radius 3 is 2.58 bits per heavy atom. The Bertz CT molecular complexity index is 957. The lowest BCUT2D eigenvalue weighted by molar-refractivity contribution is -0.136. The lowest BCUT2D eigenvalue weighted by Gasteiger charge is -2.16. The number of aliphatic hydroxyl groups is 1. The normalized spacial score (nSPS) is 14.3. The van der Waals surface area contributed by atoms with Crippen LogP contribution >= 0.6 is 0 Å². The van der Waals surface area contributed by atoms with Crippen molar-refractivity contribution in [2.45, 2.75) is 0 Å². The van der Waals surface area contributed by atoms with E-state index in [1.165, 1.54) is 19.1 Å². The molecule has 2 heterocycles. The standard InChI is InChI=1S/C16H18N4O6/c1-25-12-6-10-9(18-16(24)19-10)5-11(12)17-13-8(15(23)26-2)7-20(3-4-21)14(13)22/h5-6,17,21H,3-4,7H2,1-2H3,(H2,18,19,24). The molecule has 1 aromatic heterocycles. The summed E-state index contributed by atoms with van der Waals surface area (Å²) in [6.45, 7) is -0.112. The molecular weight excluding hydrogens is 344 g/mol. The van der Waals surface area contributed by atoms with Gasteiger partial charge in [0.2, 0.25) is 0 Å². The number of carbonyl (C=O) groups excluding carboxylic acids is 2. The monoisotopic (exact) mass is 362 g/mol. The number of rotatable bonds is 6. The van der Waals surface area contributed by atoms with Crippen LogP contribution in [0.5, 0.6) is 5.75 Å².